The number of nitrogens with one attached hydrogen (secondary N) is 1. The van der Waals surface area contributed by atoms with E-state index in [9.17, 15) is 4.79 Å². The fourth-order valence-electron chi connectivity index (χ4n) is 1.94. The number of benzene rings is 1. The Bertz CT molecular complexity index is 771. The number of nitrogens with two attached hydrogens (primary N) is 1. The van der Waals surface area contributed by atoms with Crippen LogP contribution in [0.15, 0.2) is 58.3 Å². The van der Waals surface area contributed by atoms with Gasteiger partial charge in [0.25, 0.3) is 0 Å². The third kappa shape index (κ3) is 3.72. The molecule has 0 saturated heterocycles. The lowest BCUT2D eigenvalue weighted by Crippen LogP contribution is -2.24. The topological polar surface area (TPSA) is 99.0 Å². The Morgan fingerprint density at radius 3 is 2.78 bits per heavy atom. The van der Waals surface area contributed by atoms with E-state index in [0.717, 1.165) is 5.56 Å². The van der Waals surface area contributed by atoms with E-state index in [1.54, 1.807) is 18.4 Å². The molecule has 0 unspecified atom stereocenters. The first-order chi connectivity index (χ1) is 11.2. The van der Waals surface area contributed by atoms with Crippen LogP contribution >= 0.6 is 11.8 Å². The normalized spacial score (nSPS) is 10.6. The summed E-state index contributed by atoms with van der Waals surface area (Å²) in [7, 11) is 0. The van der Waals surface area contributed by atoms with E-state index in [-0.39, 0.29) is 11.7 Å². The molecular formula is C15H15N5O2S. The van der Waals surface area contributed by atoms with E-state index >= 15 is 0 Å². The summed E-state index contributed by atoms with van der Waals surface area (Å²) in [5, 5.41) is 11.3. The molecule has 2 aromatic heterocycles. The molecule has 0 aliphatic heterocycles. The highest BCUT2D eigenvalue weighted by molar-refractivity contribution is 7.99. The largest absolute Gasteiger partial charge is 0.467 e. The van der Waals surface area contributed by atoms with E-state index in [4.69, 9.17) is 10.3 Å². The van der Waals surface area contributed by atoms with Crippen LogP contribution in [-0.2, 0) is 11.3 Å². The minimum Gasteiger partial charge on any atom is -0.467 e. The molecular weight excluding hydrogens is 314 g/mol. The lowest BCUT2D eigenvalue weighted by molar-refractivity contribution is -0.118. The number of rotatable bonds is 6. The molecule has 118 valence electrons. The Labute approximate surface area is 136 Å². The van der Waals surface area contributed by atoms with Gasteiger partial charge in [0.1, 0.15) is 5.76 Å². The minimum absolute atomic E-state index is 0.129. The zero-order valence-electron chi connectivity index (χ0n) is 12.2. The molecule has 0 radical (unpaired) electrons. The highest BCUT2D eigenvalue weighted by Gasteiger charge is 2.13. The Morgan fingerprint density at radius 2 is 2.04 bits per heavy atom. The number of amides is 1. The van der Waals surface area contributed by atoms with Crippen molar-refractivity contribution in [1.82, 2.24) is 20.2 Å². The molecule has 0 bridgehead atoms. The van der Waals surface area contributed by atoms with Gasteiger partial charge in [-0.3, -0.25) is 4.79 Å². The predicted octanol–water partition coefficient (Wildman–Crippen LogP) is 1.66. The summed E-state index contributed by atoms with van der Waals surface area (Å²) in [5.41, 5.74) is 0.872. The highest BCUT2D eigenvalue weighted by atomic mass is 32.2. The monoisotopic (exact) mass is 329 g/mol. The molecule has 3 N–H and O–H groups in total. The SMILES string of the molecule is Nn1c(SCC(=O)NCc2ccco2)nnc1-c1ccccc1. The van der Waals surface area contributed by atoms with Gasteiger partial charge in [-0.25, -0.2) is 4.68 Å². The van der Waals surface area contributed by atoms with Crippen LogP contribution in [0.2, 0.25) is 0 Å². The first-order valence-corrected chi connectivity index (χ1v) is 7.90. The third-order valence-corrected chi connectivity index (χ3v) is 4.01. The first kappa shape index (κ1) is 15.2. The van der Waals surface area contributed by atoms with E-state index in [1.807, 2.05) is 30.3 Å². The third-order valence-electron chi connectivity index (χ3n) is 3.07. The molecule has 0 aliphatic rings. The lowest BCUT2D eigenvalue weighted by Gasteiger charge is -2.04. The van der Waals surface area contributed by atoms with Crippen LogP contribution in [0.25, 0.3) is 11.4 Å². The van der Waals surface area contributed by atoms with Crippen molar-refractivity contribution < 1.29 is 9.21 Å². The molecule has 3 rings (SSSR count). The number of nitrogens with zero attached hydrogens (tertiary/aromatic N) is 3. The maximum absolute atomic E-state index is 11.8. The van der Waals surface area contributed by atoms with E-state index in [2.05, 4.69) is 15.5 Å². The van der Waals surface area contributed by atoms with Gasteiger partial charge in [-0.2, -0.15) is 0 Å². The summed E-state index contributed by atoms with van der Waals surface area (Å²) in [5.74, 6) is 7.33. The van der Waals surface area contributed by atoms with Crippen LogP contribution in [0.4, 0.5) is 0 Å². The van der Waals surface area contributed by atoms with Crippen molar-refractivity contribution in [3.63, 3.8) is 0 Å². The fourth-order valence-corrected chi connectivity index (χ4v) is 2.63. The Kier molecular flexibility index (Phi) is 4.62. The van der Waals surface area contributed by atoms with Crippen LogP contribution in [0.3, 0.4) is 0 Å². The van der Waals surface area contributed by atoms with Crippen molar-refractivity contribution >= 4 is 17.7 Å². The highest BCUT2D eigenvalue weighted by Crippen LogP contribution is 2.20. The standard InChI is InChI=1S/C15H15N5O2S/c16-20-14(11-5-2-1-3-6-11)18-19-15(20)23-10-13(21)17-9-12-7-4-8-22-12/h1-8H,9-10,16H2,(H,17,21). The van der Waals surface area contributed by atoms with Crippen molar-refractivity contribution in [3.05, 3.63) is 54.5 Å². The number of thioether (sulfide) groups is 1. The average Bonchev–Trinajstić information content (AvgIpc) is 3.22. The molecule has 0 spiro atoms. The van der Waals surface area contributed by atoms with Crippen LogP contribution in [-0.4, -0.2) is 26.5 Å². The Balaban J connectivity index is 1.56. The van der Waals surface area contributed by atoms with Crippen LogP contribution in [0, 0.1) is 0 Å². The molecule has 23 heavy (non-hydrogen) atoms. The number of carbonyl (C=O) groups excluding carboxylic acids is 1. The summed E-state index contributed by atoms with van der Waals surface area (Å²) >= 11 is 1.23. The predicted molar refractivity (Wildman–Crippen MR) is 86.9 cm³/mol. The molecule has 1 aromatic carbocycles. The van der Waals surface area contributed by atoms with Crippen molar-refractivity contribution in [2.24, 2.45) is 0 Å². The van der Waals surface area contributed by atoms with E-state index in [0.29, 0.717) is 23.3 Å². The van der Waals surface area contributed by atoms with E-state index < -0.39 is 0 Å². The molecule has 0 fully saturated rings. The number of hydrogen-bond donors (Lipinski definition) is 2. The Hall–Kier alpha value is -2.74. The average molecular weight is 329 g/mol. The van der Waals surface area contributed by atoms with Crippen molar-refractivity contribution in [1.29, 1.82) is 0 Å². The summed E-state index contributed by atoms with van der Waals surface area (Å²) < 4.78 is 6.54. The maximum atomic E-state index is 11.8. The number of hydrogen-bond acceptors (Lipinski definition) is 6. The van der Waals surface area contributed by atoms with Gasteiger partial charge in [0.05, 0.1) is 18.6 Å². The van der Waals surface area contributed by atoms with Crippen LogP contribution < -0.4 is 11.2 Å². The van der Waals surface area contributed by atoms with Gasteiger partial charge in [-0.15, -0.1) is 10.2 Å². The second-order valence-electron chi connectivity index (χ2n) is 4.69. The molecule has 8 heteroatoms. The fraction of sp³-hybridized carbons (Fsp3) is 0.133. The van der Waals surface area contributed by atoms with Gasteiger partial charge in [0.2, 0.25) is 11.1 Å². The molecule has 0 aliphatic carbocycles. The van der Waals surface area contributed by atoms with Gasteiger partial charge >= 0.3 is 0 Å². The smallest absolute Gasteiger partial charge is 0.230 e. The quantitative estimate of drug-likeness (QED) is 0.527. The Morgan fingerprint density at radius 1 is 1.22 bits per heavy atom. The maximum Gasteiger partial charge on any atom is 0.230 e. The van der Waals surface area contributed by atoms with Gasteiger partial charge in [0.15, 0.2) is 5.82 Å². The minimum atomic E-state index is -0.129. The second-order valence-corrected chi connectivity index (χ2v) is 5.63. The molecule has 2 heterocycles. The van der Waals surface area contributed by atoms with Crippen molar-refractivity contribution in [2.45, 2.75) is 11.7 Å². The van der Waals surface area contributed by atoms with Gasteiger partial charge in [-0.05, 0) is 12.1 Å². The zero-order chi connectivity index (χ0) is 16.1. The summed E-state index contributed by atoms with van der Waals surface area (Å²) in [6.45, 7) is 0.358. The molecule has 7 nitrogen and oxygen atoms in total. The summed E-state index contributed by atoms with van der Waals surface area (Å²) in [6, 6.07) is 13.1. The molecule has 3 aromatic rings. The van der Waals surface area contributed by atoms with Gasteiger partial charge < -0.3 is 15.6 Å². The zero-order valence-corrected chi connectivity index (χ0v) is 13.0. The molecule has 0 atom stereocenters. The van der Waals surface area contributed by atoms with Crippen LogP contribution in [0.5, 0.6) is 0 Å². The number of nitrogen functional groups attached to an aromatic ring is 1. The van der Waals surface area contributed by atoms with Gasteiger partial charge in [0, 0.05) is 5.56 Å². The molecule has 0 saturated carbocycles. The number of aromatic nitrogens is 3. The second kappa shape index (κ2) is 7.01. The lowest BCUT2D eigenvalue weighted by atomic mass is 10.2. The summed E-state index contributed by atoms with van der Waals surface area (Å²) in [4.78, 5) is 11.8. The summed E-state index contributed by atoms with van der Waals surface area (Å²) in [6.07, 6.45) is 1.57. The van der Waals surface area contributed by atoms with E-state index in [1.165, 1.54) is 16.4 Å². The molecule has 1 amide bonds. The van der Waals surface area contributed by atoms with Crippen molar-refractivity contribution in [3.8, 4) is 11.4 Å². The first-order valence-electron chi connectivity index (χ1n) is 6.92. The van der Waals surface area contributed by atoms with Crippen molar-refractivity contribution in [2.75, 3.05) is 11.6 Å². The number of furan rings is 1. The van der Waals surface area contributed by atoms with Gasteiger partial charge in [-0.1, -0.05) is 42.1 Å². The number of carbonyl (C=O) groups is 1. The van der Waals surface area contributed by atoms with Crippen LogP contribution in [0.1, 0.15) is 5.76 Å².